The number of amides is 1. The van der Waals surface area contributed by atoms with Gasteiger partial charge in [-0.15, -0.1) is 0 Å². The van der Waals surface area contributed by atoms with Gasteiger partial charge < -0.3 is 24.1 Å². The summed E-state index contributed by atoms with van der Waals surface area (Å²) in [6.45, 7) is 2.35. The van der Waals surface area contributed by atoms with Crippen LogP contribution in [0.3, 0.4) is 0 Å². The lowest BCUT2D eigenvalue weighted by Crippen LogP contribution is -2.42. The van der Waals surface area contributed by atoms with Gasteiger partial charge in [0.2, 0.25) is 23.4 Å². The number of benzene rings is 2. The van der Waals surface area contributed by atoms with Gasteiger partial charge in [0.25, 0.3) is 0 Å². The number of halogens is 1. The summed E-state index contributed by atoms with van der Waals surface area (Å²) in [7, 11) is 4.70. The highest BCUT2D eigenvalue weighted by molar-refractivity contribution is 9.10. The molecule has 1 aromatic heterocycles. The van der Waals surface area contributed by atoms with Crippen molar-refractivity contribution in [3.8, 4) is 28.6 Å². The van der Waals surface area contributed by atoms with E-state index in [2.05, 4.69) is 36.3 Å². The van der Waals surface area contributed by atoms with Gasteiger partial charge in [-0.1, -0.05) is 33.2 Å². The van der Waals surface area contributed by atoms with Crippen molar-refractivity contribution < 1.29 is 23.5 Å². The molecule has 0 saturated carbocycles. The van der Waals surface area contributed by atoms with Crippen LogP contribution in [0.4, 0.5) is 0 Å². The number of nitrogens with one attached hydrogen (secondary N) is 1. The van der Waals surface area contributed by atoms with Gasteiger partial charge in [0.1, 0.15) is 0 Å². The Morgan fingerprint density at radius 3 is 2.74 bits per heavy atom. The molecule has 1 unspecified atom stereocenters. The Morgan fingerprint density at radius 1 is 1.17 bits per heavy atom. The molecule has 4 rings (SSSR count). The molecular weight excluding hydrogens is 516 g/mol. The lowest BCUT2D eigenvalue weighted by molar-refractivity contribution is -0.127. The largest absolute Gasteiger partial charge is 0.493 e. The smallest absolute Gasteiger partial charge is 0.241 e. The van der Waals surface area contributed by atoms with Gasteiger partial charge in [0.05, 0.1) is 33.8 Å². The summed E-state index contributed by atoms with van der Waals surface area (Å²) in [6.07, 6.45) is 1.75. The molecule has 9 nitrogen and oxygen atoms in total. The van der Waals surface area contributed by atoms with E-state index >= 15 is 0 Å². The maximum absolute atomic E-state index is 13.0. The van der Waals surface area contributed by atoms with E-state index in [1.54, 1.807) is 27.4 Å². The van der Waals surface area contributed by atoms with Crippen LogP contribution in [0, 0.1) is 5.92 Å². The molecule has 35 heavy (non-hydrogen) atoms. The Labute approximate surface area is 212 Å². The first-order chi connectivity index (χ1) is 17.0. The number of carbonyl (C=O) groups is 1. The SMILES string of the molecule is COc1ccc(CNC(=O)C2CCCN(Cc3nc(-c4cccc(Br)c4)no3)C2)c(OC)c1OC. The van der Waals surface area contributed by atoms with Crippen molar-refractivity contribution in [3.05, 3.63) is 52.3 Å². The lowest BCUT2D eigenvalue weighted by Gasteiger charge is -2.31. The number of rotatable bonds is 9. The van der Waals surface area contributed by atoms with E-state index in [9.17, 15) is 4.79 Å². The van der Waals surface area contributed by atoms with E-state index in [1.807, 2.05) is 30.3 Å². The van der Waals surface area contributed by atoms with Gasteiger partial charge >= 0.3 is 0 Å². The summed E-state index contributed by atoms with van der Waals surface area (Å²) in [5.41, 5.74) is 1.70. The first-order valence-corrected chi connectivity index (χ1v) is 12.2. The minimum Gasteiger partial charge on any atom is -0.493 e. The molecule has 1 fully saturated rings. The third kappa shape index (κ3) is 5.94. The monoisotopic (exact) mass is 544 g/mol. The third-order valence-corrected chi connectivity index (χ3v) is 6.52. The molecule has 1 aliphatic rings. The Kier molecular flexibility index (Phi) is 8.25. The predicted octanol–water partition coefficient (Wildman–Crippen LogP) is 4.05. The average Bonchev–Trinajstić information content (AvgIpc) is 3.35. The fourth-order valence-corrected chi connectivity index (χ4v) is 4.70. The molecule has 0 spiro atoms. The normalized spacial score (nSPS) is 16.1. The Hall–Kier alpha value is -3.11. The van der Waals surface area contributed by atoms with Crippen LogP contribution < -0.4 is 19.5 Å². The average molecular weight is 545 g/mol. The number of hydrogen-bond acceptors (Lipinski definition) is 8. The first-order valence-electron chi connectivity index (χ1n) is 11.4. The number of nitrogens with zero attached hydrogens (tertiary/aromatic N) is 3. The molecule has 2 heterocycles. The van der Waals surface area contributed by atoms with Gasteiger partial charge in [0, 0.05) is 28.7 Å². The van der Waals surface area contributed by atoms with E-state index in [0.717, 1.165) is 35.0 Å². The molecule has 1 N–H and O–H groups in total. The quantitative estimate of drug-likeness (QED) is 0.430. The molecule has 1 amide bonds. The van der Waals surface area contributed by atoms with E-state index in [-0.39, 0.29) is 11.8 Å². The van der Waals surface area contributed by atoms with E-state index < -0.39 is 0 Å². The van der Waals surface area contributed by atoms with Crippen LogP contribution >= 0.6 is 15.9 Å². The van der Waals surface area contributed by atoms with Gasteiger partial charge in [-0.25, -0.2) is 0 Å². The highest BCUT2D eigenvalue weighted by atomic mass is 79.9. The Morgan fingerprint density at radius 2 is 2.00 bits per heavy atom. The fraction of sp³-hybridized carbons (Fsp3) is 0.400. The maximum Gasteiger partial charge on any atom is 0.241 e. The maximum atomic E-state index is 13.0. The zero-order valence-corrected chi connectivity index (χ0v) is 21.6. The molecule has 1 atom stereocenters. The topological polar surface area (TPSA) is 99.0 Å². The minimum atomic E-state index is -0.123. The number of methoxy groups -OCH3 is 3. The standard InChI is InChI=1S/C25H29BrN4O5/c1-32-20-10-9-17(22(33-2)23(20)34-3)13-27-25(31)18-7-5-11-30(14-18)15-21-28-24(29-35-21)16-6-4-8-19(26)12-16/h4,6,8-10,12,18H,5,7,11,13-15H2,1-3H3,(H,27,31). The van der Waals surface area contributed by atoms with Crippen molar-refractivity contribution >= 4 is 21.8 Å². The summed E-state index contributed by atoms with van der Waals surface area (Å²) in [5, 5.41) is 7.16. The second kappa shape index (κ2) is 11.5. The Balaban J connectivity index is 1.35. The Bertz CT molecular complexity index is 1170. The second-order valence-corrected chi connectivity index (χ2v) is 9.22. The van der Waals surface area contributed by atoms with Crippen molar-refractivity contribution in [2.75, 3.05) is 34.4 Å². The summed E-state index contributed by atoms with van der Waals surface area (Å²) in [6, 6.07) is 11.4. The van der Waals surface area contributed by atoms with Crippen LogP contribution in [0.1, 0.15) is 24.3 Å². The van der Waals surface area contributed by atoms with Crippen molar-refractivity contribution in [2.24, 2.45) is 5.92 Å². The van der Waals surface area contributed by atoms with Crippen molar-refractivity contribution in [3.63, 3.8) is 0 Å². The number of hydrogen-bond donors (Lipinski definition) is 1. The highest BCUT2D eigenvalue weighted by Crippen LogP contribution is 2.39. The first kappa shape index (κ1) is 25.0. The molecule has 0 aliphatic carbocycles. The van der Waals surface area contributed by atoms with Crippen LogP contribution in [0.15, 0.2) is 45.4 Å². The van der Waals surface area contributed by atoms with E-state index in [1.165, 1.54) is 0 Å². The van der Waals surface area contributed by atoms with Crippen LogP contribution in [0.5, 0.6) is 17.2 Å². The van der Waals surface area contributed by atoms with E-state index in [0.29, 0.717) is 48.6 Å². The molecule has 0 radical (unpaired) electrons. The predicted molar refractivity (Wildman–Crippen MR) is 133 cm³/mol. The number of ether oxygens (including phenoxy) is 3. The zero-order valence-electron chi connectivity index (χ0n) is 20.0. The van der Waals surface area contributed by atoms with Gasteiger partial charge in [-0.05, 0) is 43.7 Å². The summed E-state index contributed by atoms with van der Waals surface area (Å²) in [5.74, 6) is 2.61. The fourth-order valence-electron chi connectivity index (χ4n) is 4.30. The molecule has 3 aromatic rings. The zero-order chi connectivity index (χ0) is 24.8. The number of likely N-dealkylation sites (tertiary alicyclic amines) is 1. The van der Waals surface area contributed by atoms with Crippen molar-refractivity contribution in [2.45, 2.75) is 25.9 Å². The summed E-state index contributed by atoms with van der Waals surface area (Å²) < 4.78 is 22.7. The summed E-state index contributed by atoms with van der Waals surface area (Å²) >= 11 is 3.46. The van der Waals surface area contributed by atoms with Gasteiger partial charge in [-0.3, -0.25) is 9.69 Å². The molecular formula is C25H29BrN4O5. The number of piperidine rings is 1. The third-order valence-electron chi connectivity index (χ3n) is 6.02. The van der Waals surface area contributed by atoms with Crippen LogP contribution in [0.2, 0.25) is 0 Å². The summed E-state index contributed by atoms with van der Waals surface area (Å²) in [4.78, 5) is 19.7. The molecule has 1 saturated heterocycles. The number of aromatic nitrogens is 2. The van der Waals surface area contributed by atoms with Crippen molar-refractivity contribution in [1.82, 2.24) is 20.4 Å². The van der Waals surface area contributed by atoms with Crippen LogP contribution in [-0.2, 0) is 17.9 Å². The molecule has 0 bridgehead atoms. The van der Waals surface area contributed by atoms with Crippen molar-refractivity contribution in [1.29, 1.82) is 0 Å². The molecule has 10 heteroatoms. The van der Waals surface area contributed by atoms with Gasteiger partial charge in [-0.2, -0.15) is 4.98 Å². The van der Waals surface area contributed by atoms with E-state index in [4.69, 9.17) is 18.7 Å². The minimum absolute atomic E-state index is 0.00638. The van der Waals surface area contributed by atoms with Crippen LogP contribution in [-0.4, -0.2) is 55.4 Å². The second-order valence-electron chi connectivity index (χ2n) is 8.31. The molecule has 2 aromatic carbocycles. The van der Waals surface area contributed by atoms with Crippen LogP contribution in [0.25, 0.3) is 11.4 Å². The molecule has 186 valence electrons. The molecule has 1 aliphatic heterocycles. The highest BCUT2D eigenvalue weighted by Gasteiger charge is 2.27. The lowest BCUT2D eigenvalue weighted by atomic mass is 9.97. The number of carbonyl (C=O) groups excluding carboxylic acids is 1. The van der Waals surface area contributed by atoms with Gasteiger partial charge in [0.15, 0.2) is 11.5 Å².